The number of thiophene rings is 1. The molecular formula is C29H24ClN3O4S. The molecule has 9 heteroatoms. The fraction of sp³-hybridized carbons (Fsp3) is 0.241. The quantitative estimate of drug-likeness (QED) is 0.198. The maximum Gasteiger partial charge on any atom is 0.341 e. The first kappa shape index (κ1) is 26.9. The van der Waals surface area contributed by atoms with E-state index >= 15 is 0 Å². The number of amides is 1. The second kappa shape index (κ2) is 12.4. The predicted molar refractivity (Wildman–Crippen MR) is 146 cm³/mol. The lowest BCUT2D eigenvalue weighted by atomic mass is 9.95. The molecule has 4 rings (SSSR count). The van der Waals surface area contributed by atoms with Crippen LogP contribution in [-0.4, -0.2) is 18.5 Å². The van der Waals surface area contributed by atoms with E-state index in [1.807, 2.05) is 6.07 Å². The molecule has 1 aromatic heterocycles. The number of aryl methyl sites for hydroxylation is 1. The number of carbonyl (C=O) groups excluding carboxylic acids is 2. The molecule has 1 aliphatic carbocycles. The smallest absolute Gasteiger partial charge is 0.341 e. The minimum Gasteiger partial charge on any atom is -0.488 e. The Labute approximate surface area is 229 Å². The number of nitrogens with zero attached hydrogens (tertiary/aromatic N) is 2. The Morgan fingerprint density at radius 1 is 1.13 bits per heavy atom. The summed E-state index contributed by atoms with van der Waals surface area (Å²) in [6, 6.07) is 15.9. The van der Waals surface area contributed by atoms with E-state index < -0.39 is 11.9 Å². The molecule has 192 valence electrons. The number of anilines is 1. The lowest BCUT2D eigenvalue weighted by Crippen LogP contribution is -2.16. The van der Waals surface area contributed by atoms with Crippen molar-refractivity contribution in [3.8, 4) is 17.9 Å². The largest absolute Gasteiger partial charge is 0.488 e. The van der Waals surface area contributed by atoms with Crippen LogP contribution in [-0.2, 0) is 29.0 Å². The Morgan fingerprint density at radius 2 is 1.89 bits per heavy atom. The van der Waals surface area contributed by atoms with E-state index in [9.17, 15) is 14.9 Å². The van der Waals surface area contributed by atoms with Gasteiger partial charge < -0.3 is 14.8 Å². The van der Waals surface area contributed by atoms with Crippen molar-refractivity contribution >= 4 is 45.9 Å². The van der Waals surface area contributed by atoms with Gasteiger partial charge in [0.25, 0.3) is 5.91 Å². The van der Waals surface area contributed by atoms with Gasteiger partial charge in [0.05, 0.1) is 23.8 Å². The summed E-state index contributed by atoms with van der Waals surface area (Å²) in [4.78, 5) is 27.0. The van der Waals surface area contributed by atoms with E-state index in [1.165, 1.54) is 17.4 Å². The topological polar surface area (TPSA) is 112 Å². The number of fused-ring (bicyclic) bond motifs is 1. The highest BCUT2D eigenvalue weighted by molar-refractivity contribution is 7.17. The molecule has 1 heterocycles. The number of halogens is 1. The number of esters is 1. The molecule has 1 N–H and O–H groups in total. The van der Waals surface area contributed by atoms with E-state index in [-0.39, 0.29) is 18.8 Å². The first-order chi connectivity index (χ1) is 18.4. The summed E-state index contributed by atoms with van der Waals surface area (Å²) in [7, 11) is 0. The number of hydrogen-bond acceptors (Lipinski definition) is 7. The van der Waals surface area contributed by atoms with E-state index in [0.717, 1.165) is 41.7 Å². The van der Waals surface area contributed by atoms with Gasteiger partial charge in [-0.25, -0.2) is 4.79 Å². The molecule has 3 aromatic rings. The van der Waals surface area contributed by atoms with Crippen LogP contribution in [0.15, 0.2) is 48.0 Å². The van der Waals surface area contributed by atoms with Gasteiger partial charge >= 0.3 is 5.97 Å². The van der Waals surface area contributed by atoms with Crippen LogP contribution < -0.4 is 10.1 Å². The minimum atomic E-state index is -0.644. The highest BCUT2D eigenvalue weighted by atomic mass is 35.5. The van der Waals surface area contributed by atoms with Crippen molar-refractivity contribution in [2.45, 2.75) is 39.2 Å². The fourth-order valence-electron chi connectivity index (χ4n) is 4.15. The van der Waals surface area contributed by atoms with Gasteiger partial charge in [-0.3, -0.25) is 4.79 Å². The predicted octanol–water partition coefficient (Wildman–Crippen LogP) is 6.45. The van der Waals surface area contributed by atoms with E-state index in [2.05, 4.69) is 11.4 Å². The minimum absolute atomic E-state index is 0.170. The summed E-state index contributed by atoms with van der Waals surface area (Å²) >= 11 is 7.56. The molecule has 7 nitrogen and oxygen atoms in total. The summed E-state index contributed by atoms with van der Waals surface area (Å²) in [6.45, 7) is 2.17. The third-order valence-electron chi connectivity index (χ3n) is 5.99. The number of hydrogen-bond donors (Lipinski definition) is 1. The van der Waals surface area contributed by atoms with Gasteiger partial charge in [0.15, 0.2) is 0 Å². The molecule has 0 atom stereocenters. The first-order valence-corrected chi connectivity index (χ1v) is 13.3. The van der Waals surface area contributed by atoms with Crippen molar-refractivity contribution in [2.24, 2.45) is 0 Å². The van der Waals surface area contributed by atoms with Crippen molar-refractivity contribution in [1.82, 2.24) is 0 Å². The summed E-state index contributed by atoms with van der Waals surface area (Å²) < 4.78 is 11.2. The normalized spacial score (nSPS) is 12.6. The zero-order valence-electron chi connectivity index (χ0n) is 20.7. The second-order valence-electron chi connectivity index (χ2n) is 8.54. The first-order valence-electron chi connectivity index (χ1n) is 12.1. The van der Waals surface area contributed by atoms with Crippen molar-refractivity contribution in [3.05, 3.63) is 85.8 Å². The van der Waals surface area contributed by atoms with Gasteiger partial charge in [-0.05, 0) is 80.1 Å². The number of ether oxygens (including phenoxy) is 2. The van der Waals surface area contributed by atoms with Gasteiger partial charge in [0.2, 0.25) is 0 Å². The zero-order valence-corrected chi connectivity index (χ0v) is 22.2. The van der Waals surface area contributed by atoms with Gasteiger partial charge in [0.1, 0.15) is 29.0 Å². The molecular weight excluding hydrogens is 522 g/mol. The number of nitriles is 2. The van der Waals surface area contributed by atoms with Crippen LogP contribution >= 0.6 is 22.9 Å². The molecule has 0 fully saturated rings. The number of nitrogens with one attached hydrogen (secondary N) is 1. The Bertz CT molecular complexity index is 1480. The summed E-state index contributed by atoms with van der Waals surface area (Å²) in [5, 5.41) is 22.4. The SMILES string of the molecule is CCOC(=O)c1c(NC(=O)/C(C#N)=C/c2cc(Cl)ccc2OCc2ccc(C#N)cc2)sc2c1CCCC2. The number of carbonyl (C=O) groups is 2. The van der Waals surface area contributed by atoms with Gasteiger partial charge in [-0.2, -0.15) is 10.5 Å². The fourth-order valence-corrected chi connectivity index (χ4v) is 5.60. The molecule has 0 saturated carbocycles. The average Bonchev–Trinajstić information content (AvgIpc) is 3.29. The second-order valence-corrected chi connectivity index (χ2v) is 10.1. The molecule has 0 bridgehead atoms. The van der Waals surface area contributed by atoms with E-state index in [1.54, 1.807) is 49.4 Å². The standard InChI is InChI=1S/C29H24ClN3O4S/c1-2-36-29(35)26-23-5-3-4-6-25(23)38-28(26)33-27(34)21(16-32)13-20-14-22(30)11-12-24(20)37-17-19-9-7-18(15-31)8-10-19/h7-14H,2-6,17H2,1H3,(H,33,34)/b21-13+. The summed E-state index contributed by atoms with van der Waals surface area (Å²) in [6.07, 6.45) is 4.98. The van der Waals surface area contributed by atoms with Crippen LogP contribution in [0.25, 0.3) is 6.08 Å². The monoisotopic (exact) mass is 545 g/mol. The maximum absolute atomic E-state index is 13.2. The van der Waals surface area contributed by atoms with Crippen molar-refractivity contribution in [1.29, 1.82) is 10.5 Å². The Kier molecular flexibility index (Phi) is 8.81. The highest BCUT2D eigenvalue weighted by Crippen LogP contribution is 2.39. The van der Waals surface area contributed by atoms with E-state index in [0.29, 0.717) is 32.5 Å². The lowest BCUT2D eigenvalue weighted by molar-refractivity contribution is -0.112. The molecule has 0 saturated heterocycles. The molecule has 1 amide bonds. The third-order valence-corrected chi connectivity index (χ3v) is 7.43. The third kappa shape index (κ3) is 6.23. The Morgan fingerprint density at radius 3 is 2.61 bits per heavy atom. The zero-order chi connectivity index (χ0) is 27.1. The Hall–Kier alpha value is -4.11. The van der Waals surface area contributed by atoms with Crippen molar-refractivity contribution in [3.63, 3.8) is 0 Å². The van der Waals surface area contributed by atoms with Crippen LogP contribution in [0, 0.1) is 22.7 Å². The molecule has 0 aliphatic heterocycles. The molecule has 0 radical (unpaired) electrons. The van der Waals surface area contributed by atoms with Crippen LogP contribution in [0.3, 0.4) is 0 Å². The number of benzene rings is 2. The van der Waals surface area contributed by atoms with Crippen molar-refractivity contribution < 1.29 is 19.1 Å². The van der Waals surface area contributed by atoms with Crippen LogP contribution in [0.4, 0.5) is 5.00 Å². The molecule has 0 spiro atoms. The molecule has 2 aromatic carbocycles. The molecule has 38 heavy (non-hydrogen) atoms. The Balaban J connectivity index is 1.59. The van der Waals surface area contributed by atoms with Crippen LogP contribution in [0.2, 0.25) is 5.02 Å². The molecule has 1 aliphatic rings. The van der Waals surface area contributed by atoms with Crippen molar-refractivity contribution in [2.75, 3.05) is 11.9 Å². The highest BCUT2D eigenvalue weighted by Gasteiger charge is 2.28. The van der Waals surface area contributed by atoms with Gasteiger partial charge in [-0.15, -0.1) is 11.3 Å². The summed E-state index contributed by atoms with van der Waals surface area (Å²) in [5.74, 6) is -0.689. The van der Waals surface area contributed by atoms with Gasteiger partial charge in [0, 0.05) is 15.5 Å². The molecule has 0 unspecified atom stereocenters. The maximum atomic E-state index is 13.2. The van der Waals surface area contributed by atoms with Crippen LogP contribution in [0.5, 0.6) is 5.75 Å². The van der Waals surface area contributed by atoms with E-state index in [4.69, 9.17) is 26.3 Å². The van der Waals surface area contributed by atoms with Gasteiger partial charge in [-0.1, -0.05) is 23.7 Å². The number of rotatable bonds is 8. The van der Waals surface area contributed by atoms with Crippen LogP contribution in [0.1, 0.15) is 57.3 Å². The average molecular weight is 546 g/mol. The lowest BCUT2D eigenvalue weighted by Gasteiger charge is -2.12. The summed E-state index contributed by atoms with van der Waals surface area (Å²) in [5.41, 5.74) is 2.98.